The van der Waals surface area contributed by atoms with E-state index in [2.05, 4.69) is 93.3 Å². The van der Waals surface area contributed by atoms with Crippen LogP contribution in [0.2, 0.25) is 0 Å². The molecule has 0 aliphatic rings. The SMILES string of the molecule is CCC(C)Cc1cc(C#N)ccc1C.CCc1ccccc1.CCc1cnc[nH]1.CSc1ccccc1. The first kappa shape index (κ1) is 31.7. The Balaban J connectivity index is 0.000000258. The maximum Gasteiger partial charge on any atom is 0.0991 e. The monoisotopic (exact) mass is 513 g/mol. The van der Waals surface area contributed by atoms with Gasteiger partial charge in [0.1, 0.15) is 0 Å². The number of nitrogens with one attached hydrogen (secondary N) is 1. The molecule has 1 aromatic heterocycles. The highest BCUT2D eigenvalue weighted by molar-refractivity contribution is 7.98. The number of nitriles is 1. The van der Waals surface area contributed by atoms with Crippen molar-refractivity contribution in [2.75, 3.05) is 6.26 Å². The van der Waals surface area contributed by atoms with Gasteiger partial charge in [-0.15, -0.1) is 11.8 Å². The minimum absolute atomic E-state index is 0.697. The molecule has 0 saturated heterocycles. The van der Waals surface area contributed by atoms with E-state index in [0.29, 0.717) is 5.92 Å². The van der Waals surface area contributed by atoms with E-state index in [0.717, 1.165) is 24.8 Å². The van der Waals surface area contributed by atoms with Gasteiger partial charge in [-0.1, -0.05) is 88.7 Å². The van der Waals surface area contributed by atoms with Crippen LogP contribution in [0.1, 0.15) is 62.1 Å². The van der Waals surface area contributed by atoms with E-state index in [1.807, 2.05) is 48.7 Å². The minimum Gasteiger partial charge on any atom is -0.349 e. The van der Waals surface area contributed by atoms with E-state index in [-0.39, 0.29) is 0 Å². The van der Waals surface area contributed by atoms with Crippen molar-refractivity contribution in [3.63, 3.8) is 0 Å². The number of benzene rings is 3. The van der Waals surface area contributed by atoms with Gasteiger partial charge in [-0.25, -0.2) is 4.98 Å². The quantitative estimate of drug-likeness (QED) is 0.262. The predicted octanol–water partition coefficient (Wildman–Crippen LogP) is 9.08. The summed E-state index contributed by atoms with van der Waals surface area (Å²) in [5, 5.41) is 8.79. The summed E-state index contributed by atoms with van der Waals surface area (Å²) in [6.07, 6.45) is 10.1. The van der Waals surface area contributed by atoms with Gasteiger partial charge in [0, 0.05) is 16.8 Å². The van der Waals surface area contributed by atoms with Crippen LogP contribution in [0.3, 0.4) is 0 Å². The van der Waals surface area contributed by atoms with E-state index in [9.17, 15) is 0 Å². The van der Waals surface area contributed by atoms with Gasteiger partial charge in [-0.2, -0.15) is 5.26 Å². The lowest BCUT2D eigenvalue weighted by Crippen LogP contribution is -2.00. The molecule has 0 fully saturated rings. The van der Waals surface area contributed by atoms with Crippen molar-refractivity contribution in [3.8, 4) is 6.07 Å². The Hall–Kier alpha value is -3.29. The highest BCUT2D eigenvalue weighted by Crippen LogP contribution is 2.17. The van der Waals surface area contributed by atoms with Crippen molar-refractivity contribution in [1.82, 2.24) is 9.97 Å². The number of aromatic amines is 1. The zero-order valence-corrected chi connectivity index (χ0v) is 24.2. The molecule has 0 spiro atoms. The van der Waals surface area contributed by atoms with Crippen LogP contribution in [-0.4, -0.2) is 16.2 Å². The Morgan fingerprint density at radius 3 is 1.97 bits per heavy atom. The summed E-state index contributed by atoms with van der Waals surface area (Å²) >= 11 is 1.77. The first-order valence-electron chi connectivity index (χ1n) is 13.1. The topological polar surface area (TPSA) is 52.5 Å². The second-order valence-corrected chi connectivity index (χ2v) is 9.64. The first-order chi connectivity index (χ1) is 18.0. The molecule has 3 aromatic carbocycles. The summed E-state index contributed by atoms with van der Waals surface area (Å²) < 4.78 is 0. The van der Waals surface area contributed by atoms with Gasteiger partial charge in [0.15, 0.2) is 0 Å². The third kappa shape index (κ3) is 14.1. The second kappa shape index (κ2) is 19.8. The average molecular weight is 514 g/mol. The van der Waals surface area contributed by atoms with Crippen molar-refractivity contribution in [2.45, 2.75) is 65.2 Å². The van der Waals surface area contributed by atoms with Crippen LogP contribution in [-0.2, 0) is 19.3 Å². The highest BCUT2D eigenvalue weighted by atomic mass is 32.2. The third-order valence-corrected chi connectivity index (χ3v) is 6.65. The number of rotatable bonds is 6. The molecule has 1 heterocycles. The van der Waals surface area contributed by atoms with Crippen molar-refractivity contribution < 1.29 is 0 Å². The Labute approximate surface area is 229 Å². The Bertz CT molecular complexity index is 1080. The Morgan fingerprint density at radius 2 is 1.57 bits per heavy atom. The molecule has 0 amide bonds. The van der Waals surface area contributed by atoms with Gasteiger partial charge in [0.25, 0.3) is 0 Å². The minimum atomic E-state index is 0.697. The number of aromatic nitrogens is 2. The van der Waals surface area contributed by atoms with Crippen LogP contribution in [0.25, 0.3) is 0 Å². The van der Waals surface area contributed by atoms with E-state index in [1.165, 1.54) is 33.7 Å². The Morgan fingerprint density at radius 1 is 0.919 bits per heavy atom. The lowest BCUT2D eigenvalue weighted by molar-refractivity contribution is 0.559. The highest BCUT2D eigenvalue weighted by Gasteiger charge is 2.04. The normalized spacial score (nSPS) is 10.3. The number of thioether (sulfide) groups is 1. The summed E-state index contributed by atoms with van der Waals surface area (Å²) in [6.45, 7) is 10.8. The standard InChI is InChI=1S/C13H17N.C8H10.C7H8S.C5H8N2/c1-4-10(2)7-13-8-12(9-14)6-5-11(13)3;1-2-8-6-4-3-5-7-8;1-8-7-5-3-2-4-6-7;1-2-5-3-6-4-7-5/h5-6,8,10H,4,7H2,1-3H3;3-7H,2H2,1H3;2-6H,1H3;3-4H,2H2,1H3,(H,6,7). The van der Waals surface area contributed by atoms with Gasteiger partial charge in [-0.05, 0) is 79.3 Å². The molecule has 4 rings (SSSR count). The molecule has 1 atom stereocenters. The van der Waals surface area contributed by atoms with E-state index < -0.39 is 0 Å². The molecular formula is C33H43N3S. The number of H-pyrrole nitrogens is 1. The fourth-order valence-electron chi connectivity index (χ4n) is 3.23. The van der Waals surface area contributed by atoms with Crippen LogP contribution < -0.4 is 0 Å². The molecule has 37 heavy (non-hydrogen) atoms. The van der Waals surface area contributed by atoms with Crippen LogP contribution >= 0.6 is 11.8 Å². The zero-order chi connectivity index (χ0) is 27.3. The molecule has 0 aliphatic carbocycles. The molecule has 0 saturated carbocycles. The second-order valence-electron chi connectivity index (χ2n) is 8.76. The largest absolute Gasteiger partial charge is 0.349 e. The van der Waals surface area contributed by atoms with Crippen molar-refractivity contribution in [2.24, 2.45) is 5.92 Å². The van der Waals surface area contributed by atoms with E-state index in [4.69, 9.17) is 5.26 Å². The maximum atomic E-state index is 8.79. The van der Waals surface area contributed by atoms with Gasteiger partial charge in [-0.3, -0.25) is 0 Å². The lowest BCUT2D eigenvalue weighted by atomic mass is 9.94. The Kier molecular flexibility index (Phi) is 17.0. The number of nitrogens with zero attached hydrogens (tertiary/aromatic N) is 2. The van der Waals surface area contributed by atoms with Gasteiger partial charge < -0.3 is 4.98 Å². The smallest absolute Gasteiger partial charge is 0.0991 e. The average Bonchev–Trinajstić information content (AvgIpc) is 3.50. The molecule has 1 unspecified atom stereocenters. The van der Waals surface area contributed by atoms with Crippen LogP contribution in [0.4, 0.5) is 0 Å². The number of hydrogen-bond acceptors (Lipinski definition) is 3. The summed E-state index contributed by atoms with van der Waals surface area (Å²) in [7, 11) is 0. The van der Waals surface area contributed by atoms with E-state index >= 15 is 0 Å². The van der Waals surface area contributed by atoms with Crippen molar-refractivity contribution >= 4 is 11.8 Å². The zero-order valence-electron chi connectivity index (χ0n) is 23.4. The molecular weight excluding hydrogens is 470 g/mol. The molecule has 3 nitrogen and oxygen atoms in total. The maximum absolute atomic E-state index is 8.79. The number of imidazole rings is 1. The first-order valence-corrected chi connectivity index (χ1v) is 14.3. The summed E-state index contributed by atoms with van der Waals surface area (Å²) in [6, 6.07) is 28.9. The molecule has 4 heteroatoms. The molecule has 0 bridgehead atoms. The van der Waals surface area contributed by atoms with Gasteiger partial charge >= 0.3 is 0 Å². The molecule has 4 aromatic rings. The summed E-state index contributed by atoms with van der Waals surface area (Å²) in [5.41, 5.74) is 5.99. The van der Waals surface area contributed by atoms with E-state index in [1.54, 1.807) is 18.1 Å². The van der Waals surface area contributed by atoms with Crippen LogP contribution in [0.5, 0.6) is 0 Å². The van der Waals surface area contributed by atoms with Gasteiger partial charge in [0.05, 0.1) is 18.0 Å². The number of hydrogen-bond donors (Lipinski definition) is 1. The van der Waals surface area contributed by atoms with Gasteiger partial charge in [0.2, 0.25) is 0 Å². The fourth-order valence-corrected chi connectivity index (χ4v) is 3.66. The predicted molar refractivity (Wildman–Crippen MR) is 161 cm³/mol. The fraction of sp³-hybridized carbons (Fsp3) is 0.333. The molecule has 0 radical (unpaired) electrons. The number of aryl methyl sites for hydroxylation is 3. The molecule has 0 aliphatic heterocycles. The summed E-state index contributed by atoms with van der Waals surface area (Å²) in [4.78, 5) is 8.14. The van der Waals surface area contributed by atoms with Crippen molar-refractivity contribution in [3.05, 3.63) is 119 Å². The van der Waals surface area contributed by atoms with Crippen LogP contribution in [0.15, 0.2) is 96.3 Å². The third-order valence-electron chi connectivity index (χ3n) is 5.91. The molecule has 1 N–H and O–H groups in total. The summed E-state index contributed by atoms with van der Waals surface area (Å²) in [5.74, 6) is 0.697. The lowest BCUT2D eigenvalue weighted by Gasteiger charge is -2.11. The van der Waals surface area contributed by atoms with Crippen molar-refractivity contribution in [1.29, 1.82) is 5.26 Å². The molecule has 196 valence electrons. The van der Waals surface area contributed by atoms with Crippen LogP contribution in [0, 0.1) is 24.2 Å².